The zero-order valence-corrected chi connectivity index (χ0v) is 13.7. The molecule has 1 aliphatic heterocycles. The second-order valence-corrected chi connectivity index (χ2v) is 7.87. The fraction of sp³-hybridized carbons (Fsp3) is 1.00. The summed E-state index contributed by atoms with van der Waals surface area (Å²) in [4.78, 5) is 2.50. The molecule has 0 radical (unpaired) electrons. The van der Waals surface area contributed by atoms with Gasteiger partial charge in [-0.25, -0.2) is 0 Å². The highest BCUT2D eigenvalue weighted by molar-refractivity contribution is 4.86. The monoisotopic (exact) mass is 282 g/mol. The molecule has 2 unspecified atom stereocenters. The molecule has 1 heterocycles. The van der Waals surface area contributed by atoms with Crippen LogP contribution in [0.3, 0.4) is 0 Å². The Kier molecular flexibility index (Phi) is 5.88. The second-order valence-electron chi connectivity index (χ2n) is 7.87. The molecule has 118 valence electrons. The van der Waals surface area contributed by atoms with Crippen LogP contribution >= 0.6 is 0 Å². The summed E-state index contributed by atoms with van der Waals surface area (Å²) < 4.78 is 0. The Bertz CT molecular complexity index is 285. The van der Waals surface area contributed by atoms with Gasteiger partial charge in [-0.3, -0.25) is 0 Å². The topological polar surface area (TPSA) is 35.5 Å². The molecule has 0 amide bonds. The number of nitrogens with one attached hydrogen (secondary N) is 1. The van der Waals surface area contributed by atoms with Crippen LogP contribution in [0.4, 0.5) is 0 Å². The number of nitrogens with zero attached hydrogens (tertiary/aromatic N) is 1. The van der Waals surface area contributed by atoms with Crippen LogP contribution in [0.2, 0.25) is 0 Å². The van der Waals surface area contributed by atoms with Gasteiger partial charge in [0.2, 0.25) is 0 Å². The highest BCUT2D eigenvalue weighted by Crippen LogP contribution is 2.38. The summed E-state index contributed by atoms with van der Waals surface area (Å²) in [6.45, 7) is 11.7. The van der Waals surface area contributed by atoms with Crippen LogP contribution in [0.25, 0.3) is 0 Å². The third kappa shape index (κ3) is 5.01. The van der Waals surface area contributed by atoms with Gasteiger partial charge in [0.15, 0.2) is 0 Å². The van der Waals surface area contributed by atoms with Gasteiger partial charge in [-0.15, -0.1) is 0 Å². The van der Waals surface area contributed by atoms with Crippen molar-refractivity contribution in [3.63, 3.8) is 0 Å². The minimum Gasteiger partial charge on any atom is -0.393 e. The molecule has 0 aromatic carbocycles. The number of hydrogen-bond donors (Lipinski definition) is 2. The Morgan fingerprint density at radius 1 is 1.20 bits per heavy atom. The number of rotatable bonds is 5. The fourth-order valence-electron chi connectivity index (χ4n) is 3.98. The third-order valence-corrected chi connectivity index (χ3v) is 5.31. The van der Waals surface area contributed by atoms with Crippen molar-refractivity contribution in [2.75, 3.05) is 26.2 Å². The molecule has 2 atom stereocenters. The van der Waals surface area contributed by atoms with Gasteiger partial charge in [0.25, 0.3) is 0 Å². The highest BCUT2D eigenvalue weighted by Gasteiger charge is 2.31. The van der Waals surface area contributed by atoms with Gasteiger partial charge in [0.1, 0.15) is 0 Å². The van der Waals surface area contributed by atoms with E-state index in [2.05, 4.69) is 31.0 Å². The molecule has 1 saturated carbocycles. The lowest BCUT2D eigenvalue weighted by Gasteiger charge is -2.39. The quantitative estimate of drug-likeness (QED) is 0.761. The van der Waals surface area contributed by atoms with E-state index in [1.807, 2.05) is 0 Å². The largest absolute Gasteiger partial charge is 0.393 e. The van der Waals surface area contributed by atoms with Gasteiger partial charge in [-0.1, -0.05) is 20.8 Å². The van der Waals surface area contributed by atoms with E-state index in [0.29, 0.717) is 5.41 Å². The molecule has 1 saturated heterocycles. The molecule has 0 aromatic heterocycles. The van der Waals surface area contributed by atoms with E-state index in [0.717, 1.165) is 44.4 Å². The number of piperidine rings is 1. The van der Waals surface area contributed by atoms with E-state index < -0.39 is 0 Å². The van der Waals surface area contributed by atoms with E-state index in [-0.39, 0.29) is 6.10 Å². The van der Waals surface area contributed by atoms with Crippen LogP contribution in [0.5, 0.6) is 0 Å². The molecule has 2 rings (SSSR count). The van der Waals surface area contributed by atoms with Crippen molar-refractivity contribution >= 4 is 0 Å². The Hall–Kier alpha value is -0.120. The van der Waals surface area contributed by atoms with Crippen molar-refractivity contribution in [2.24, 2.45) is 11.3 Å². The highest BCUT2D eigenvalue weighted by atomic mass is 16.3. The summed E-state index contributed by atoms with van der Waals surface area (Å²) in [6.07, 6.45) is 7.17. The van der Waals surface area contributed by atoms with Crippen LogP contribution < -0.4 is 5.32 Å². The Balaban J connectivity index is 1.57. The number of aliphatic hydroxyl groups is 1. The summed E-state index contributed by atoms with van der Waals surface area (Å²) in [7, 11) is 0. The van der Waals surface area contributed by atoms with Crippen molar-refractivity contribution in [1.82, 2.24) is 10.2 Å². The van der Waals surface area contributed by atoms with Crippen LogP contribution in [-0.2, 0) is 0 Å². The normalized spacial score (nSPS) is 32.4. The van der Waals surface area contributed by atoms with Crippen molar-refractivity contribution < 1.29 is 5.11 Å². The maximum absolute atomic E-state index is 9.50. The summed E-state index contributed by atoms with van der Waals surface area (Å²) in [6, 6.07) is 0.728. The van der Waals surface area contributed by atoms with Gasteiger partial charge in [-0.05, 0) is 62.9 Å². The Morgan fingerprint density at radius 2 is 1.90 bits per heavy atom. The predicted molar refractivity (Wildman–Crippen MR) is 84.9 cm³/mol. The molecular formula is C17H34N2O. The lowest BCUT2D eigenvalue weighted by atomic mass is 9.70. The van der Waals surface area contributed by atoms with Gasteiger partial charge >= 0.3 is 0 Å². The zero-order valence-electron chi connectivity index (χ0n) is 13.7. The van der Waals surface area contributed by atoms with Gasteiger partial charge in [0, 0.05) is 19.1 Å². The maximum atomic E-state index is 9.50. The van der Waals surface area contributed by atoms with Crippen LogP contribution in [-0.4, -0.2) is 48.3 Å². The molecule has 3 heteroatoms. The number of hydrogen-bond acceptors (Lipinski definition) is 3. The molecule has 2 aliphatic rings. The van der Waals surface area contributed by atoms with Crippen molar-refractivity contribution in [1.29, 1.82) is 0 Å². The van der Waals surface area contributed by atoms with E-state index in [1.165, 1.54) is 32.2 Å². The third-order valence-electron chi connectivity index (χ3n) is 5.31. The maximum Gasteiger partial charge on any atom is 0.0564 e. The van der Waals surface area contributed by atoms with Crippen molar-refractivity contribution in [3.8, 4) is 0 Å². The second kappa shape index (κ2) is 7.24. The zero-order chi connectivity index (χ0) is 14.6. The minimum atomic E-state index is -0.0455. The van der Waals surface area contributed by atoms with Crippen LogP contribution in [0, 0.1) is 11.3 Å². The van der Waals surface area contributed by atoms with Gasteiger partial charge in [0.05, 0.1) is 6.10 Å². The summed E-state index contributed by atoms with van der Waals surface area (Å²) in [5, 5.41) is 13.3. The molecule has 2 N–H and O–H groups in total. The Morgan fingerprint density at radius 3 is 2.55 bits per heavy atom. The molecule has 0 bridgehead atoms. The predicted octanol–water partition coefficient (Wildman–Crippen LogP) is 2.64. The van der Waals surface area contributed by atoms with E-state index in [4.69, 9.17) is 0 Å². The molecule has 3 nitrogen and oxygen atoms in total. The molecule has 2 fully saturated rings. The van der Waals surface area contributed by atoms with Crippen LogP contribution in [0.1, 0.15) is 59.3 Å². The van der Waals surface area contributed by atoms with E-state index in [9.17, 15) is 5.11 Å². The number of aliphatic hydroxyl groups excluding tert-OH is 1. The minimum absolute atomic E-state index is 0.0455. The lowest BCUT2D eigenvalue weighted by molar-refractivity contribution is 0.0815. The SMILES string of the molecule is CC1CC(C)(C)CCC1NCCCN1CCC(O)CC1. The molecule has 0 aromatic rings. The molecule has 20 heavy (non-hydrogen) atoms. The van der Waals surface area contributed by atoms with Crippen LogP contribution in [0.15, 0.2) is 0 Å². The smallest absolute Gasteiger partial charge is 0.0564 e. The average Bonchev–Trinajstić information content (AvgIpc) is 2.38. The first-order chi connectivity index (χ1) is 9.46. The molecular weight excluding hydrogens is 248 g/mol. The van der Waals surface area contributed by atoms with Gasteiger partial charge < -0.3 is 15.3 Å². The van der Waals surface area contributed by atoms with E-state index in [1.54, 1.807) is 0 Å². The Labute approximate surface area is 125 Å². The number of likely N-dealkylation sites (tertiary alicyclic amines) is 1. The van der Waals surface area contributed by atoms with E-state index >= 15 is 0 Å². The van der Waals surface area contributed by atoms with Gasteiger partial charge in [-0.2, -0.15) is 0 Å². The molecule has 0 spiro atoms. The summed E-state index contributed by atoms with van der Waals surface area (Å²) in [5.41, 5.74) is 0.548. The van der Waals surface area contributed by atoms with Crippen molar-refractivity contribution in [2.45, 2.75) is 71.4 Å². The first-order valence-electron chi connectivity index (χ1n) is 8.60. The first-order valence-corrected chi connectivity index (χ1v) is 8.60. The standard InChI is InChI=1S/C17H34N2O/c1-14-13-17(2,3)8-5-16(14)18-9-4-10-19-11-6-15(20)7-12-19/h14-16,18,20H,4-13H2,1-3H3. The average molecular weight is 282 g/mol. The fourth-order valence-corrected chi connectivity index (χ4v) is 3.98. The van der Waals surface area contributed by atoms with Crippen molar-refractivity contribution in [3.05, 3.63) is 0 Å². The lowest BCUT2D eigenvalue weighted by Crippen LogP contribution is -2.43. The summed E-state index contributed by atoms with van der Waals surface area (Å²) in [5.74, 6) is 0.809. The summed E-state index contributed by atoms with van der Waals surface area (Å²) >= 11 is 0. The first kappa shape index (κ1) is 16.3. The molecule has 1 aliphatic carbocycles.